The number of alkyl halides is 3. The number of fused-ring (bicyclic) bond motifs is 1. The fourth-order valence-electron chi connectivity index (χ4n) is 3.29. The first kappa shape index (κ1) is 17.2. The molecule has 132 valence electrons. The van der Waals surface area contributed by atoms with Crippen LogP contribution in [0.25, 0.3) is 0 Å². The van der Waals surface area contributed by atoms with Crippen LogP contribution in [-0.2, 0) is 10.0 Å². The second-order valence-corrected chi connectivity index (χ2v) is 7.80. The lowest BCUT2D eigenvalue weighted by atomic mass is 9.88. The zero-order valence-corrected chi connectivity index (χ0v) is 13.5. The monoisotopic (exact) mass is 362 g/mol. The first-order valence-corrected chi connectivity index (χ1v) is 9.10. The molecule has 24 heavy (non-hydrogen) atoms. The maximum absolute atomic E-state index is 13.7. The van der Waals surface area contributed by atoms with Crippen LogP contribution in [0.3, 0.4) is 0 Å². The minimum atomic E-state index is -5.16. The summed E-state index contributed by atoms with van der Waals surface area (Å²) in [5.41, 5.74) is -3.44. The summed E-state index contributed by atoms with van der Waals surface area (Å²) in [5, 5.41) is 14.2. The van der Waals surface area contributed by atoms with Gasteiger partial charge in [-0.25, -0.2) is 0 Å². The summed E-state index contributed by atoms with van der Waals surface area (Å²) in [6.07, 6.45) is -3.01. The molecule has 1 heterocycles. The smallest absolute Gasteiger partial charge is 0.361 e. The van der Waals surface area contributed by atoms with E-state index in [1.807, 2.05) is 0 Å². The van der Waals surface area contributed by atoms with Gasteiger partial charge in [0.2, 0.25) is 0 Å². The number of rotatable bonds is 2. The lowest BCUT2D eigenvalue weighted by Gasteiger charge is -2.37. The zero-order valence-electron chi connectivity index (χ0n) is 12.7. The molecule has 1 N–H and O–H groups in total. The molecule has 1 fully saturated rings. The highest BCUT2D eigenvalue weighted by Gasteiger charge is 2.69. The number of hydrogen-bond donors (Lipinski definition) is 1. The Morgan fingerprint density at radius 3 is 2.46 bits per heavy atom. The van der Waals surface area contributed by atoms with Crippen LogP contribution < -0.4 is 0 Å². The Hall–Kier alpha value is -1.61. The molecule has 1 aromatic rings. The molecule has 1 saturated carbocycles. The van der Waals surface area contributed by atoms with Crippen LogP contribution in [0.5, 0.6) is 0 Å². The van der Waals surface area contributed by atoms with Gasteiger partial charge in [0.15, 0.2) is 0 Å². The van der Waals surface area contributed by atoms with Crippen molar-refractivity contribution in [2.45, 2.75) is 48.9 Å². The van der Waals surface area contributed by atoms with E-state index >= 15 is 0 Å². The fourth-order valence-corrected chi connectivity index (χ4v) is 4.80. The molecular formula is C15H17F3N2O3S. The van der Waals surface area contributed by atoms with Gasteiger partial charge >= 0.3 is 6.18 Å². The van der Waals surface area contributed by atoms with Crippen molar-refractivity contribution >= 4 is 15.7 Å². The van der Waals surface area contributed by atoms with Crippen molar-refractivity contribution in [3.05, 3.63) is 30.3 Å². The third-order valence-electron chi connectivity index (χ3n) is 4.51. The van der Waals surface area contributed by atoms with Gasteiger partial charge in [-0.05, 0) is 31.4 Å². The summed E-state index contributed by atoms with van der Waals surface area (Å²) >= 11 is 0. The fraction of sp³-hybridized carbons (Fsp3) is 0.533. The minimum absolute atomic E-state index is 0.0512. The Kier molecular flexibility index (Phi) is 4.11. The molecule has 0 bridgehead atoms. The molecule has 1 aliphatic carbocycles. The average molecular weight is 362 g/mol. The zero-order chi connectivity index (χ0) is 17.6. The summed E-state index contributed by atoms with van der Waals surface area (Å²) in [7, 11) is -4.62. The third-order valence-corrected chi connectivity index (χ3v) is 6.19. The SMILES string of the molecule is O=S(=O)(c1ccccc1)N1N=C2CCCCC[C@@H]2[C@]1(O)C(F)(F)F. The van der Waals surface area contributed by atoms with Crippen molar-refractivity contribution in [3.8, 4) is 0 Å². The lowest BCUT2D eigenvalue weighted by molar-refractivity contribution is -0.306. The van der Waals surface area contributed by atoms with Crippen molar-refractivity contribution in [2.24, 2.45) is 11.0 Å². The van der Waals surface area contributed by atoms with Crippen molar-refractivity contribution < 1.29 is 26.7 Å². The van der Waals surface area contributed by atoms with Crippen LogP contribution in [0, 0.1) is 5.92 Å². The van der Waals surface area contributed by atoms with Crippen molar-refractivity contribution in [1.29, 1.82) is 0 Å². The quantitative estimate of drug-likeness (QED) is 0.879. The molecule has 9 heteroatoms. The first-order valence-electron chi connectivity index (χ1n) is 7.66. The molecule has 0 radical (unpaired) electrons. The van der Waals surface area contributed by atoms with E-state index in [0.717, 1.165) is 6.42 Å². The van der Waals surface area contributed by atoms with Gasteiger partial charge in [-0.2, -0.15) is 26.7 Å². The topological polar surface area (TPSA) is 70.0 Å². The van der Waals surface area contributed by atoms with Gasteiger partial charge in [0.05, 0.1) is 10.8 Å². The summed E-state index contributed by atoms with van der Waals surface area (Å²) < 4.78 is 66.4. The highest BCUT2D eigenvalue weighted by atomic mass is 32.2. The summed E-state index contributed by atoms with van der Waals surface area (Å²) in [4.78, 5) is -0.339. The van der Waals surface area contributed by atoms with E-state index in [-0.39, 0.29) is 27.9 Å². The number of aliphatic hydroxyl groups is 1. The van der Waals surface area contributed by atoms with Crippen LogP contribution in [-0.4, -0.2) is 35.6 Å². The van der Waals surface area contributed by atoms with Gasteiger partial charge in [0, 0.05) is 5.71 Å². The molecule has 0 spiro atoms. The summed E-state index contributed by atoms with van der Waals surface area (Å²) in [6.45, 7) is 0. The second kappa shape index (κ2) is 5.73. The van der Waals surface area contributed by atoms with Gasteiger partial charge < -0.3 is 5.11 Å². The van der Waals surface area contributed by atoms with Crippen molar-refractivity contribution in [3.63, 3.8) is 0 Å². The van der Waals surface area contributed by atoms with E-state index in [1.54, 1.807) is 6.07 Å². The number of nitrogens with zero attached hydrogens (tertiary/aromatic N) is 2. The van der Waals surface area contributed by atoms with Crippen LogP contribution in [0.15, 0.2) is 40.3 Å². The highest BCUT2D eigenvalue weighted by molar-refractivity contribution is 7.89. The van der Waals surface area contributed by atoms with E-state index < -0.39 is 27.8 Å². The second-order valence-electron chi connectivity index (χ2n) is 6.03. The average Bonchev–Trinajstić information content (AvgIpc) is 2.69. The molecular weight excluding hydrogens is 345 g/mol. The predicted octanol–water partition coefficient (Wildman–Crippen LogP) is 2.88. The van der Waals surface area contributed by atoms with Gasteiger partial charge in [0.25, 0.3) is 15.7 Å². The molecule has 2 aliphatic rings. The van der Waals surface area contributed by atoms with E-state index in [1.165, 1.54) is 24.3 Å². The van der Waals surface area contributed by atoms with Crippen LogP contribution >= 0.6 is 0 Å². The Bertz CT molecular complexity index is 749. The maximum atomic E-state index is 13.7. The van der Waals surface area contributed by atoms with Crippen LogP contribution in [0.1, 0.15) is 32.1 Å². The van der Waals surface area contributed by atoms with E-state index in [9.17, 15) is 26.7 Å². The van der Waals surface area contributed by atoms with Crippen LogP contribution in [0.2, 0.25) is 0 Å². The maximum Gasteiger partial charge on any atom is 0.439 e. The third kappa shape index (κ3) is 2.50. The molecule has 2 atom stereocenters. The summed E-state index contributed by atoms with van der Waals surface area (Å²) in [5.74, 6) is -1.36. The first-order chi connectivity index (χ1) is 11.2. The molecule has 5 nitrogen and oxygen atoms in total. The largest absolute Gasteiger partial charge is 0.439 e. The number of hydrogen-bond acceptors (Lipinski definition) is 4. The van der Waals surface area contributed by atoms with E-state index in [0.29, 0.717) is 12.8 Å². The molecule has 3 rings (SSSR count). The standard InChI is InChI=1S/C15H17F3N2O3S/c16-15(17,18)14(21)12-9-5-2-6-10-13(12)19-20(14)24(22,23)11-7-3-1-4-8-11/h1,3-4,7-8,12,21H,2,5-6,9-10H2/t12-,14-/m0/s1. The number of sulfonamides is 1. The normalized spacial score (nSPS) is 28.2. The molecule has 1 aliphatic heterocycles. The number of halogens is 3. The van der Waals surface area contributed by atoms with Crippen molar-refractivity contribution in [2.75, 3.05) is 0 Å². The Morgan fingerprint density at radius 1 is 1.17 bits per heavy atom. The number of benzene rings is 1. The van der Waals surface area contributed by atoms with Gasteiger partial charge in [-0.15, -0.1) is 4.41 Å². The molecule has 0 saturated heterocycles. The highest BCUT2D eigenvalue weighted by Crippen LogP contribution is 2.49. The molecule has 0 aromatic heterocycles. The Morgan fingerprint density at radius 2 is 1.83 bits per heavy atom. The van der Waals surface area contributed by atoms with Gasteiger partial charge in [-0.3, -0.25) is 0 Å². The Labute approximate surface area is 137 Å². The molecule has 0 amide bonds. The van der Waals surface area contributed by atoms with Gasteiger partial charge in [-0.1, -0.05) is 31.0 Å². The minimum Gasteiger partial charge on any atom is -0.361 e. The predicted molar refractivity (Wildman–Crippen MR) is 80.5 cm³/mol. The van der Waals surface area contributed by atoms with E-state index in [4.69, 9.17) is 0 Å². The van der Waals surface area contributed by atoms with Gasteiger partial charge in [0.1, 0.15) is 0 Å². The lowest BCUT2D eigenvalue weighted by Crippen LogP contribution is -2.60. The summed E-state index contributed by atoms with van der Waals surface area (Å²) in [6, 6.07) is 6.72. The Balaban J connectivity index is 2.14. The molecule has 0 unspecified atom stereocenters. The van der Waals surface area contributed by atoms with Crippen molar-refractivity contribution in [1.82, 2.24) is 4.41 Å². The molecule has 1 aromatic carbocycles. The van der Waals surface area contributed by atoms with Crippen LogP contribution in [0.4, 0.5) is 13.2 Å². The number of hydrazone groups is 1. The van der Waals surface area contributed by atoms with E-state index in [2.05, 4.69) is 5.10 Å².